The summed E-state index contributed by atoms with van der Waals surface area (Å²) in [5.74, 6) is 0.129. The second-order valence-electron chi connectivity index (χ2n) is 4.45. The Balaban J connectivity index is 2.81. The molecule has 88 valence electrons. The van der Waals surface area contributed by atoms with Crippen LogP contribution in [0, 0.1) is 5.92 Å². The van der Waals surface area contributed by atoms with Gasteiger partial charge >= 0.3 is 0 Å². The van der Waals surface area contributed by atoms with Gasteiger partial charge in [0.1, 0.15) is 6.04 Å². The number of hydrogen-bond acceptors (Lipinski definition) is 2. The second-order valence-corrected chi connectivity index (χ2v) is 4.45. The minimum atomic E-state index is -0.404. The van der Waals surface area contributed by atoms with Crippen LogP contribution < -0.4 is 11.1 Å². The average Bonchev–Trinajstić information content (AvgIpc) is 2.26. The van der Waals surface area contributed by atoms with Crippen LogP contribution in [0.1, 0.15) is 32.4 Å². The van der Waals surface area contributed by atoms with E-state index in [2.05, 4.69) is 26.1 Å². The Kier molecular flexibility index (Phi) is 4.50. The summed E-state index contributed by atoms with van der Waals surface area (Å²) in [6, 6.07) is 9.41. The molecule has 0 saturated heterocycles. The van der Waals surface area contributed by atoms with Crippen molar-refractivity contribution in [2.45, 2.75) is 32.9 Å². The first-order chi connectivity index (χ1) is 7.52. The topological polar surface area (TPSA) is 55.1 Å². The van der Waals surface area contributed by atoms with Gasteiger partial charge in [0.15, 0.2) is 0 Å². The molecule has 16 heavy (non-hydrogen) atoms. The molecule has 1 amide bonds. The Bertz CT molecular complexity index is 335. The first kappa shape index (κ1) is 12.7. The van der Waals surface area contributed by atoms with E-state index in [1.54, 1.807) is 0 Å². The van der Waals surface area contributed by atoms with Gasteiger partial charge in [0.25, 0.3) is 0 Å². The summed E-state index contributed by atoms with van der Waals surface area (Å²) in [5, 5.41) is 3.26. The lowest BCUT2D eigenvalue weighted by atomic mass is 10.0. The van der Waals surface area contributed by atoms with Gasteiger partial charge in [-0.1, -0.05) is 44.2 Å². The van der Waals surface area contributed by atoms with Crippen molar-refractivity contribution in [3.8, 4) is 0 Å². The predicted molar refractivity (Wildman–Crippen MR) is 65.8 cm³/mol. The van der Waals surface area contributed by atoms with E-state index in [0.29, 0.717) is 5.92 Å². The van der Waals surface area contributed by atoms with Crippen LogP contribution in [-0.4, -0.2) is 11.9 Å². The number of nitrogens with one attached hydrogen (secondary N) is 1. The fraction of sp³-hybridized carbons (Fsp3) is 0.462. The van der Waals surface area contributed by atoms with Crippen molar-refractivity contribution in [2.75, 3.05) is 0 Å². The summed E-state index contributed by atoms with van der Waals surface area (Å²) in [6.07, 6.45) is 0. The van der Waals surface area contributed by atoms with Crippen molar-refractivity contribution in [1.82, 2.24) is 5.32 Å². The highest BCUT2D eigenvalue weighted by Gasteiger charge is 2.20. The van der Waals surface area contributed by atoms with E-state index < -0.39 is 6.04 Å². The summed E-state index contributed by atoms with van der Waals surface area (Å²) >= 11 is 0. The molecule has 1 aromatic rings. The maximum Gasteiger partial charge on any atom is 0.239 e. The SMILES string of the molecule is CC(C)[C@H](C)N[C@H](C(N)=O)c1ccccc1. The van der Waals surface area contributed by atoms with E-state index in [9.17, 15) is 4.79 Å². The highest BCUT2D eigenvalue weighted by Crippen LogP contribution is 2.14. The molecule has 0 radical (unpaired) electrons. The molecule has 1 aromatic carbocycles. The van der Waals surface area contributed by atoms with Crippen molar-refractivity contribution < 1.29 is 4.79 Å². The molecule has 0 spiro atoms. The monoisotopic (exact) mass is 220 g/mol. The van der Waals surface area contributed by atoms with Crippen LogP contribution in [0.2, 0.25) is 0 Å². The molecule has 3 heteroatoms. The Hall–Kier alpha value is -1.35. The molecule has 0 aliphatic heterocycles. The average molecular weight is 220 g/mol. The molecule has 0 heterocycles. The van der Waals surface area contributed by atoms with Crippen molar-refractivity contribution in [3.05, 3.63) is 35.9 Å². The van der Waals surface area contributed by atoms with Gasteiger partial charge in [-0.25, -0.2) is 0 Å². The number of primary amides is 1. The van der Waals surface area contributed by atoms with E-state index in [0.717, 1.165) is 5.56 Å². The molecule has 0 aliphatic carbocycles. The van der Waals surface area contributed by atoms with Crippen LogP contribution >= 0.6 is 0 Å². The van der Waals surface area contributed by atoms with Gasteiger partial charge in [0.05, 0.1) is 0 Å². The van der Waals surface area contributed by atoms with Crippen molar-refractivity contribution in [2.24, 2.45) is 11.7 Å². The van der Waals surface area contributed by atoms with Crippen LogP contribution in [0.15, 0.2) is 30.3 Å². The van der Waals surface area contributed by atoms with Crippen molar-refractivity contribution in [1.29, 1.82) is 0 Å². The Morgan fingerprint density at radius 2 is 1.75 bits per heavy atom. The van der Waals surface area contributed by atoms with Crippen molar-refractivity contribution >= 4 is 5.91 Å². The molecule has 3 nitrogen and oxygen atoms in total. The summed E-state index contributed by atoms with van der Waals surface area (Å²) in [4.78, 5) is 11.4. The Labute approximate surface area is 97.0 Å². The molecule has 0 aliphatic rings. The molecule has 0 bridgehead atoms. The zero-order chi connectivity index (χ0) is 12.1. The maximum absolute atomic E-state index is 11.4. The van der Waals surface area contributed by atoms with E-state index in [-0.39, 0.29) is 11.9 Å². The minimum Gasteiger partial charge on any atom is -0.368 e. The molecule has 0 aromatic heterocycles. The van der Waals surface area contributed by atoms with Crippen molar-refractivity contribution in [3.63, 3.8) is 0 Å². The number of benzene rings is 1. The van der Waals surface area contributed by atoms with Gasteiger partial charge in [-0.05, 0) is 18.4 Å². The summed E-state index contributed by atoms with van der Waals surface area (Å²) in [5.41, 5.74) is 6.33. The van der Waals surface area contributed by atoms with Gasteiger partial charge in [-0.15, -0.1) is 0 Å². The highest BCUT2D eigenvalue weighted by molar-refractivity contribution is 5.81. The first-order valence-electron chi connectivity index (χ1n) is 5.62. The number of hydrogen-bond donors (Lipinski definition) is 2. The molecular weight excluding hydrogens is 200 g/mol. The van der Waals surface area contributed by atoms with Crippen LogP contribution in [0.3, 0.4) is 0 Å². The van der Waals surface area contributed by atoms with Gasteiger partial charge in [-0.2, -0.15) is 0 Å². The zero-order valence-corrected chi connectivity index (χ0v) is 10.1. The smallest absolute Gasteiger partial charge is 0.239 e. The van der Waals surface area contributed by atoms with Gasteiger partial charge in [0, 0.05) is 6.04 Å². The number of carbonyl (C=O) groups excluding carboxylic acids is 1. The molecular formula is C13H20N2O. The molecule has 1 rings (SSSR count). The molecule has 0 saturated carbocycles. The number of nitrogens with two attached hydrogens (primary N) is 1. The van der Waals surface area contributed by atoms with E-state index >= 15 is 0 Å². The van der Waals surface area contributed by atoms with Gasteiger partial charge < -0.3 is 5.73 Å². The van der Waals surface area contributed by atoms with Gasteiger partial charge in [0.2, 0.25) is 5.91 Å². The highest BCUT2D eigenvalue weighted by atomic mass is 16.1. The van der Waals surface area contributed by atoms with E-state index in [1.165, 1.54) is 0 Å². The predicted octanol–water partition coefficient (Wildman–Crippen LogP) is 1.85. The third kappa shape index (κ3) is 3.35. The normalized spacial score (nSPS) is 14.8. The third-order valence-electron chi connectivity index (χ3n) is 2.85. The molecule has 2 atom stereocenters. The lowest BCUT2D eigenvalue weighted by Gasteiger charge is -2.23. The van der Waals surface area contributed by atoms with E-state index in [4.69, 9.17) is 5.73 Å². The quantitative estimate of drug-likeness (QED) is 0.795. The molecule has 3 N–H and O–H groups in total. The fourth-order valence-electron chi connectivity index (χ4n) is 1.44. The lowest BCUT2D eigenvalue weighted by Crippen LogP contribution is -2.40. The Morgan fingerprint density at radius 3 is 2.19 bits per heavy atom. The molecule has 0 fully saturated rings. The summed E-state index contributed by atoms with van der Waals surface area (Å²) in [6.45, 7) is 6.28. The standard InChI is InChI=1S/C13H20N2O/c1-9(2)10(3)15-12(13(14)16)11-7-5-4-6-8-11/h4-10,12,15H,1-3H3,(H2,14,16)/t10-,12-/m0/s1. The van der Waals surface area contributed by atoms with Crippen LogP contribution in [-0.2, 0) is 4.79 Å². The lowest BCUT2D eigenvalue weighted by molar-refractivity contribution is -0.120. The fourth-order valence-corrected chi connectivity index (χ4v) is 1.44. The maximum atomic E-state index is 11.4. The summed E-state index contributed by atoms with van der Waals surface area (Å²) in [7, 11) is 0. The third-order valence-corrected chi connectivity index (χ3v) is 2.85. The summed E-state index contributed by atoms with van der Waals surface area (Å²) < 4.78 is 0. The number of amides is 1. The van der Waals surface area contributed by atoms with Crippen LogP contribution in [0.5, 0.6) is 0 Å². The minimum absolute atomic E-state index is 0.248. The van der Waals surface area contributed by atoms with E-state index in [1.807, 2.05) is 30.3 Å². The van der Waals surface area contributed by atoms with Gasteiger partial charge in [-0.3, -0.25) is 10.1 Å². The Morgan fingerprint density at radius 1 is 1.19 bits per heavy atom. The largest absolute Gasteiger partial charge is 0.368 e. The number of rotatable bonds is 5. The van der Waals surface area contributed by atoms with Crippen LogP contribution in [0.25, 0.3) is 0 Å². The first-order valence-corrected chi connectivity index (χ1v) is 5.62. The molecule has 0 unspecified atom stereocenters. The number of carbonyl (C=O) groups is 1. The second kappa shape index (κ2) is 5.66. The van der Waals surface area contributed by atoms with Crippen LogP contribution in [0.4, 0.5) is 0 Å². The zero-order valence-electron chi connectivity index (χ0n) is 10.1.